The van der Waals surface area contributed by atoms with E-state index in [0.29, 0.717) is 35.8 Å². The lowest BCUT2D eigenvalue weighted by atomic mass is 9.97. The fourth-order valence-electron chi connectivity index (χ4n) is 3.50. The molecule has 0 bridgehead atoms. The maximum atomic E-state index is 11.7. The van der Waals surface area contributed by atoms with E-state index in [4.69, 9.17) is 14.9 Å². The normalized spacial score (nSPS) is 11.2. The number of allylic oxidation sites excluding steroid dienone is 1. The van der Waals surface area contributed by atoms with Gasteiger partial charge in [-0.05, 0) is 61.0 Å². The van der Waals surface area contributed by atoms with Crippen molar-refractivity contribution in [2.75, 3.05) is 13.2 Å². The van der Waals surface area contributed by atoms with Crippen molar-refractivity contribution in [1.82, 2.24) is 15.3 Å². The average Bonchev–Trinajstić information content (AvgIpc) is 2.90. The summed E-state index contributed by atoms with van der Waals surface area (Å²) in [7, 11) is 0. The zero-order chi connectivity index (χ0) is 24.5. The molecule has 7 nitrogen and oxygen atoms in total. The Hall–Kier alpha value is -4.52. The summed E-state index contributed by atoms with van der Waals surface area (Å²) in [4.78, 5) is 20.4. The molecule has 4 rings (SSSR count). The summed E-state index contributed by atoms with van der Waals surface area (Å²) in [5, 5.41) is 12.8. The number of carbonyl (C=O) groups is 1. The first-order valence-electron chi connectivity index (χ1n) is 11.3. The van der Waals surface area contributed by atoms with Crippen LogP contribution in [0.1, 0.15) is 23.7 Å². The van der Waals surface area contributed by atoms with Crippen LogP contribution in [0.4, 0.5) is 0 Å². The molecule has 0 aliphatic heterocycles. The summed E-state index contributed by atoms with van der Waals surface area (Å²) in [6.45, 7) is 2.45. The molecular formula is C28H26N4O3. The molecule has 2 N–H and O–H groups in total. The van der Waals surface area contributed by atoms with Gasteiger partial charge in [0.05, 0.1) is 23.5 Å². The molecule has 0 saturated heterocycles. The van der Waals surface area contributed by atoms with Gasteiger partial charge in [0, 0.05) is 35.1 Å². The fraction of sp³-hybridized carbons (Fsp3) is 0.143. The predicted octanol–water partition coefficient (Wildman–Crippen LogP) is 4.77. The predicted molar refractivity (Wildman–Crippen MR) is 136 cm³/mol. The second-order valence-electron chi connectivity index (χ2n) is 7.66. The summed E-state index contributed by atoms with van der Waals surface area (Å²) >= 11 is 0. The van der Waals surface area contributed by atoms with Crippen molar-refractivity contribution in [3.8, 4) is 5.75 Å². The van der Waals surface area contributed by atoms with Gasteiger partial charge in [-0.15, -0.1) is 0 Å². The van der Waals surface area contributed by atoms with Gasteiger partial charge in [0.1, 0.15) is 18.9 Å². The first-order valence-corrected chi connectivity index (χ1v) is 11.3. The van der Waals surface area contributed by atoms with Crippen LogP contribution < -0.4 is 10.1 Å². The van der Waals surface area contributed by atoms with Gasteiger partial charge in [0.15, 0.2) is 0 Å². The van der Waals surface area contributed by atoms with Gasteiger partial charge in [-0.25, -0.2) is 4.98 Å². The Balaban J connectivity index is 1.45. The van der Waals surface area contributed by atoms with Gasteiger partial charge >= 0.3 is 5.97 Å². The number of rotatable bonds is 10. The summed E-state index contributed by atoms with van der Waals surface area (Å²) in [6, 6.07) is 23.0. The molecule has 35 heavy (non-hydrogen) atoms. The number of fused-ring (bicyclic) bond motifs is 1. The van der Waals surface area contributed by atoms with Crippen molar-refractivity contribution in [1.29, 1.82) is 5.41 Å². The third-order valence-electron chi connectivity index (χ3n) is 5.24. The first kappa shape index (κ1) is 23.6. The van der Waals surface area contributed by atoms with Crippen LogP contribution in [0.25, 0.3) is 16.5 Å². The second kappa shape index (κ2) is 11.6. The van der Waals surface area contributed by atoms with Crippen molar-refractivity contribution < 1.29 is 14.3 Å². The minimum Gasteiger partial charge on any atom is -0.487 e. The highest BCUT2D eigenvalue weighted by molar-refractivity contribution is 6.30. The van der Waals surface area contributed by atoms with Crippen LogP contribution in [0.3, 0.4) is 0 Å². The van der Waals surface area contributed by atoms with E-state index in [2.05, 4.69) is 15.3 Å². The highest BCUT2D eigenvalue weighted by Crippen LogP contribution is 2.22. The number of esters is 1. The van der Waals surface area contributed by atoms with Crippen LogP contribution in [0.15, 0.2) is 91.4 Å². The molecule has 2 aromatic carbocycles. The monoisotopic (exact) mass is 466 g/mol. The van der Waals surface area contributed by atoms with Gasteiger partial charge in [-0.3, -0.25) is 15.2 Å². The van der Waals surface area contributed by atoms with E-state index in [1.165, 1.54) is 0 Å². The molecule has 0 atom stereocenters. The molecular weight excluding hydrogens is 440 g/mol. The standard InChI is InChI=1S/C28H26N4O3/c1-2-34-27(33)18-31-17-25(20-13-15-30-16-14-20)28(29)22-8-11-24(12-9-22)35-19-23-10-7-21-5-3-4-6-26(21)32-23/h3-17,29,31H,2,18-19H2,1H3/b25-17-,29-28?. The number of nitrogens with one attached hydrogen (secondary N) is 2. The average molecular weight is 467 g/mol. The molecule has 0 unspecified atom stereocenters. The van der Waals surface area contributed by atoms with E-state index in [0.717, 1.165) is 22.2 Å². The van der Waals surface area contributed by atoms with E-state index < -0.39 is 0 Å². The van der Waals surface area contributed by atoms with E-state index in [1.54, 1.807) is 25.5 Å². The van der Waals surface area contributed by atoms with Gasteiger partial charge in [-0.2, -0.15) is 0 Å². The maximum Gasteiger partial charge on any atom is 0.325 e. The molecule has 0 saturated carbocycles. The lowest BCUT2D eigenvalue weighted by molar-refractivity contribution is -0.141. The van der Waals surface area contributed by atoms with Crippen LogP contribution in [-0.4, -0.2) is 34.8 Å². The van der Waals surface area contributed by atoms with Crippen LogP contribution >= 0.6 is 0 Å². The number of hydrogen-bond acceptors (Lipinski definition) is 7. The third-order valence-corrected chi connectivity index (χ3v) is 5.24. The summed E-state index contributed by atoms with van der Waals surface area (Å²) < 4.78 is 10.9. The molecule has 0 fully saturated rings. The summed E-state index contributed by atoms with van der Waals surface area (Å²) in [5.41, 5.74) is 4.23. The quantitative estimate of drug-likeness (QED) is 0.258. The lowest BCUT2D eigenvalue weighted by Gasteiger charge is -2.12. The van der Waals surface area contributed by atoms with Crippen LogP contribution in [0.5, 0.6) is 5.75 Å². The molecule has 0 aliphatic carbocycles. The molecule has 4 aromatic rings. The Morgan fingerprint density at radius 1 is 0.971 bits per heavy atom. The Bertz CT molecular complexity index is 1340. The smallest absolute Gasteiger partial charge is 0.325 e. The summed E-state index contributed by atoms with van der Waals surface area (Å²) in [5.74, 6) is 0.332. The van der Waals surface area contributed by atoms with E-state index in [9.17, 15) is 4.79 Å². The van der Waals surface area contributed by atoms with E-state index in [1.807, 2.05) is 72.8 Å². The lowest BCUT2D eigenvalue weighted by Crippen LogP contribution is -2.21. The molecule has 2 aromatic heterocycles. The second-order valence-corrected chi connectivity index (χ2v) is 7.66. The number of nitrogens with zero attached hydrogens (tertiary/aromatic N) is 2. The minimum atomic E-state index is -0.355. The highest BCUT2D eigenvalue weighted by atomic mass is 16.5. The SMILES string of the molecule is CCOC(=O)CN/C=C(\C(=N)c1ccc(OCc2ccc3ccccc3n2)cc1)c1ccncc1. The first-order chi connectivity index (χ1) is 17.1. The number of benzene rings is 2. The topological polar surface area (TPSA) is 97.2 Å². The maximum absolute atomic E-state index is 11.7. The Morgan fingerprint density at radius 2 is 1.74 bits per heavy atom. The Morgan fingerprint density at radius 3 is 2.51 bits per heavy atom. The molecule has 0 aliphatic rings. The highest BCUT2D eigenvalue weighted by Gasteiger charge is 2.12. The molecule has 0 amide bonds. The molecule has 176 valence electrons. The van der Waals surface area contributed by atoms with Crippen LogP contribution in [0.2, 0.25) is 0 Å². The van der Waals surface area contributed by atoms with Crippen molar-refractivity contribution in [2.45, 2.75) is 13.5 Å². The summed E-state index contributed by atoms with van der Waals surface area (Å²) in [6.07, 6.45) is 4.99. The number of para-hydroxylation sites is 1. The molecule has 2 heterocycles. The number of ether oxygens (including phenoxy) is 2. The minimum absolute atomic E-state index is 0.0191. The van der Waals surface area contributed by atoms with E-state index >= 15 is 0 Å². The van der Waals surface area contributed by atoms with Gasteiger partial charge in [0.2, 0.25) is 0 Å². The fourth-order valence-corrected chi connectivity index (χ4v) is 3.50. The van der Waals surface area contributed by atoms with Crippen molar-refractivity contribution in [2.24, 2.45) is 0 Å². The van der Waals surface area contributed by atoms with Gasteiger partial charge in [-0.1, -0.05) is 24.3 Å². The van der Waals surface area contributed by atoms with Crippen LogP contribution in [0, 0.1) is 5.41 Å². The van der Waals surface area contributed by atoms with Crippen molar-refractivity contribution in [3.05, 3.63) is 108 Å². The van der Waals surface area contributed by atoms with Gasteiger partial charge in [0.25, 0.3) is 0 Å². The zero-order valence-electron chi connectivity index (χ0n) is 19.4. The number of aromatic nitrogens is 2. The zero-order valence-corrected chi connectivity index (χ0v) is 19.4. The van der Waals surface area contributed by atoms with Crippen LogP contribution in [-0.2, 0) is 16.1 Å². The molecule has 0 radical (unpaired) electrons. The van der Waals surface area contributed by atoms with Crippen molar-refractivity contribution in [3.63, 3.8) is 0 Å². The molecule has 7 heteroatoms. The van der Waals surface area contributed by atoms with Gasteiger partial charge < -0.3 is 14.8 Å². The Kier molecular flexibility index (Phi) is 7.81. The van der Waals surface area contributed by atoms with E-state index in [-0.39, 0.29) is 12.5 Å². The Labute approximate surface area is 204 Å². The number of hydrogen-bond donors (Lipinski definition) is 2. The third kappa shape index (κ3) is 6.29. The van der Waals surface area contributed by atoms with Crippen molar-refractivity contribution >= 4 is 28.2 Å². The molecule has 0 spiro atoms. The largest absolute Gasteiger partial charge is 0.487 e. The number of carbonyl (C=O) groups excluding carboxylic acids is 1. The number of pyridine rings is 2.